The van der Waals surface area contributed by atoms with Gasteiger partial charge in [0.1, 0.15) is 5.69 Å². The van der Waals surface area contributed by atoms with Crippen LogP contribution < -0.4 is 5.69 Å². The molecule has 0 radical (unpaired) electrons. The van der Waals surface area contributed by atoms with Gasteiger partial charge in [-0.05, 0) is 5.41 Å². The van der Waals surface area contributed by atoms with Crippen LogP contribution in [0.3, 0.4) is 0 Å². The van der Waals surface area contributed by atoms with Crippen molar-refractivity contribution in [3.8, 4) is 0 Å². The molecule has 0 fully saturated rings. The minimum atomic E-state index is -4.56. The lowest BCUT2D eigenvalue weighted by Crippen LogP contribution is -2.32. The molecule has 16 heavy (non-hydrogen) atoms. The summed E-state index contributed by atoms with van der Waals surface area (Å²) in [5.41, 5.74) is -2.54. The Hall–Kier alpha value is -1.33. The van der Waals surface area contributed by atoms with Crippen LogP contribution in [-0.2, 0) is 18.6 Å². The molecule has 90 valence electrons. The maximum atomic E-state index is 12.8. The van der Waals surface area contributed by atoms with Gasteiger partial charge in [0.05, 0.1) is 0 Å². The highest BCUT2D eigenvalue weighted by Gasteiger charge is 2.39. The van der Waals surface area contributed by atoms with Gasteiger partial charge >= 0.3 is 11.9 Å². The third kappa shape index (κ3) is 2.25. The summed E-state index contributed by atoms with van der Waals surface area (Å²) in [7, 11) is 1.08. The molecule has 0 saturated heterocycles. The Morgan fingerprint density at radius 1 is 1.25 bits per heavy atom. The zero-order chi connectivity index (χ0) is 12.7. The van der Waals surface area contributed by atoms with E-state index in [1.165, 1.54) is 0 Å². The summed E-state index contributed by atoms with van der Waals surface area (Å²) < 4.78 is 39.0. The van der Waals surface area contributed by atoms with Crippen molar-refractivity contribution in [3.63, 3.8) is 0 Å². The second kappa shape index (κ2) is 3.61. The van der Waals surface area contributed by atoms with Gasteiger partial charge in [0.15, 0.2) is 0 Å². The summed E-state index contributed by atoms with van der Waals surface area (Å²) in [6, 6.07) is 0. The van der Waals surface area contributed by atoms with E-state index < -0.39 is 23.0 Å². The Labute approximate surface area is 90.9 Å². The number of hydrogen-bond donors (Lipinski definition) is 0. The Morgan fingerprint density at radius 2 is 1.75 bits per heavy atom. The molecule has 0 amide bonds. The molecule has 0 saturated carbocycles. The predicted molar refractivity (Wildman–Crippen MR) is 53.2 cm³/mol. The van der Waals surface area contributed by atoms with Gasteiger partial charge in [0.25, 0.3) is 0 Å². The van der Waals surface area contributed by atoms with Crippen LogP contribution in [0.1, 0.15) is 32.0 Å². The number of aromatic nitrogens is 2. The fourth-order valence-corrected chi connectivity index (χ4v) is 1.44. The maximum Gasteiger partial charge on any atom is 0.431 e. The molecule has 0 aliphatic carbocycles. The van der Waals surface area contributed by atoms with Crippen LogP contribution in [-0.4, -0.2) is 9.55 Å². The van der Waals surface area contributed by atoms with Crippen LogP contribution in [0.15, 0.2) is 11.0 Å². The first-order valence-corrected chi connectivity index (χ1v) is 4.69. The van der Waals surface area contributed by atoms with Crippen LogP contribution >= 0.6 is 0 Å². The Morgan fingerprint density at radius 3 is 2.12 bits per heavy atom. The second-order valence-corrected chi connectivity index (χ2v) is 4.61. The quantitative estimate of drug-likeness (QED) is 0.689. The summed E-state index contributed by atoms with van der Waals surface area (Å²) in [5, 5.41) is 0. The van der Waals surface area contributed by atoms with Gasteiger partial charge in [-0.1, -0.05) is 20.8 Å². The van der Waals surface area contributed by atoms with Crippen LogP contribution in [0.4, 0.5) is 13.2 Å². The molecular weight excluding hydrogens is 221 g/mol. The van der Waals surface area contributed by atoms with Crippen molar-refractivity contribution in [1.82, 2.24) is 9.55 Å². The highest BCUT2D eigenvalue weighted by atomic mass is 19.4. The zero-order valence-corrected chi connectivity index (χ0v) is 9.51. The number of alkyl halides is 3. The molecule has 1 aromatic heterocycles. The highest BCUT2D eigenvalue weighted by molar-refractivity contribution is 5.27. The van der Waals surface area contributed by atoms with E-state index in [4.69, 9.17) is 0 Å². The number of nitrogens with zero attached hydrogens (tertiary/aromatic N) is 2. The summed E-state index contributed by atoms with van der Waals surface area (Å²) in [6.07, 6.45) is -3.55. The maximum absolute atomic E-state index is 12.8. The first-order valence-electron chi connectivity index (χ1n) is 4.69. The molecule has 1 rings (SSSR count). The molecule has 0 atom stereocenters. The fraction of sp³-hybridized carbons (Fsp3) is 0.600. The van der Waals surface area contributed by atoms with E-state index in [2.05, 4.69) is 4.98 Å². The van der Waals surface area contributed by atoms with Gasteiger partial charge in [0, 0.05) is 18.8 Å². The van der Waals surface area contributed by atoms with E-state index in [0.29, 0.717) is 4.57 Å². The van der Waals surface area contributed by atoms with E-state index in [0.717, 1.165) is 13.2 Å². The summed E-state index contributed by atoms with van der Waals surface area (Å²) >= 11 is 0. The van der Waals surface area contributed by atoms with Crippen LogP contribution in [0.25, 0.3) is 0 Å². The Bertz CT molecular complexity index is 455. The first-order chi connectivity index (χ1) is 7.05. The zero-order valence-electron chi connectivity index (χ0n) is 9.51. The minimum absolute atomic E-state index is 0.0158. The first kappa shape index (κ1) is 12.7. The van der Waals surface area contributed by atoms with Crippen molar-refractivity contribution in [2.24, 2.45) is 7.05 Å². The lowest BCUT2D eigenvalue weighted by molar-refractivity contribution is -0.145. The SMILES string of the molecule is Cn1c(C(F)(F)F)c(C(C)(C)C)cnc1=O. The van der Waals surface area contributed by atoms with Crippen molar-refractivity contribution in [1.29, 1.82) is 0 Å². The van der Waals surface area contributed by atoms with Crippen LogP contribution in [0.2, 0.25) is 0 Å². The van der Waals surface area contributed by atoms with E-state index in [9.17, 15) is 18.0 Å². The molecule has 1 heterocycles. The van der Waals surface area contributed by atoms with Gasteiger partial charge in [-0.3, -0.25) is 4.57 Å². The average molecular weight is 234 g/mol. The topological polar surface area (TPSA) is 34.9 Å². The lowest BCUT2D eigenvalue weighted by Gasteiger charge is -2.24. The second-order valence-electron chi connectivity index (χ2n) is 4.61. The van der Waals surface area contributed by atoms with Crippen molar-refractivity contribution >= 4 is 0 Å². The van der Waals surface area contributed by atoms with Gasteiger partial charge in [-0.2, -0.15) is 13.2 Å². The lowest BCUT2D eigenvalue weighted by atomic mass is 9.86. The number of hydrogen-bond acceptors (Lipinski definition) is 2. The molecule has 0 aromatic carbocycles. The molecule has 0 aliphatic rings. The van der Waals surface area contributed by atoms with E-state index in [-0.39, 0.29) is 5.56 Å². The van der Waals surface area contributed by atoms with Crippen LogP contribution in [0, 0.1) is 0 Å². The molecule has 0 bridgehead atoms. The standard InChI is InChI=1S/C10H13F3N2O/c1-9(2,3)6-5-14-8(16)15(4)7(6)10(11,12)13/h5H,1-4H3. The molecule has 1 aromatic rings. The minimum Gasteiger partial charge on any atom is -0.291 e. The third-order valence-corrected chi connectivity index (χ3v) is 2.26. The van der Waals surface area contributed by atoms with E-state index in [1.807, 2.05) is 0 Å². The number of rotatable bonds is 0. The highest BCUT2D eigenvalue weighted by Crippen LogP contribution is 2.35. The molecule has 0 unspecified atom stereocenters. The van der Waals surface area contributed by atoms with Gasteiger partial charge in [-0.15, -0.1) is 0 Å². The molecule has 0 N–H and O–H groups in total. The molecule has 3 nitrogen and oxygen atoms in total. The normalized spacial score (nSPS) is 12.9. The third-order valence-electron chi connectivity index (χ3n) is 2.26. The van der Waals surface area contributed by atoms with E-state index in [1.54, 1.807) is 20.8 Å². The molecule has 0 spiro atoms. The number of halogens is 3. The van der Waals surface area contributed by atoms with Crippen molar-refractivity contribution < 1.29 is 13.2 Å². The van der Waals surface area contributed by atoms with Gasteiger partial charge in [0.2, 0.25) is 0 Å². The van der Waals surface area contributed by atoms with Crippen molar-refractivity contribution in [3.05, 3.63) is 27.9 Å². The summed E-state index contributed by atoms with van der Waals surface area (Å²) in [5.74, 6) is 0. The van der Waals surface area contributed by atoms with Crippen molar-refractivity contribution in [2.75, 3.05) is 0 Å². The van der Waals surface area contributed by atoms with Crippen LogP contribution in [0.5, 0.6) is 0 Å². The molecule has 0 aliphatic heterocycles. The fourth-order valence-electron chi connectivity index (χ4n) is 1.44. The predicted octanol–water partition coefficient (Wildman–Crippen LogP) is 2.10. The molecular formula is C10H13F3N2O. The van der Waals surface area contributed by atoms with Gasteiger partial charge in [-0.25, -0.2) is 9.78 Å². The van der Waals surface area contributed by atoms with E-state index >= 15 is 0 Å². The van der Waals surface area contributed by atoms with Crippen molar-refractivity contribution in [2.45, 2.75) is 32.4 Å². The Balaban J connectivity index is 3.66. The monoisotopic (exact) mass is 234 g/mol. The smallest absolute Gasteiger partial charge is 0.291 e. The largest absolute Gasteiger partial charge is 0.431 e. The molecule has 6 heteroatoms. The average Bonchev–Trinajstić information content (AvgIpc) is 2.05. The Kier molecular flexibility index (Phi) is 2.87. The van der Waals surface area contributed by atoms with Gasteiger partial charge < -0.3 is 0 Å². The summed E-state index contributed by atoms with van der Waals surface area (Å²) in [4.78, 5) is 14.5. The summed E-state index contributed by atoms with van der Waals surface area (Å²) in [6.45, 7) is 4.93.